The summed E-state index contributed by atoms with van der Waals surface area (Å²) >= 11 is 0. The number of nitrogens with zero attached hydrogens (tertiary/aromatic N) is 5. The maximum Gasteiger partial charge on any atom is 0.222 e. The molecule has 2 fully saturated rings. The Kier molecular flexibility index (Phi) is 6.10. The predicted molar refractivity (Wildman–Crippen MR) is 128 cm³/mol. The lowest BCUT2D eigenvalue weighted by Gasteiger charge is -2.33. The van der Waals surface area contributed by atoms with Crippen molar-refractivity contribution in [3.63, 3.8) is 0 Å². The number of ketones is 1. The first-order chi connectivity index (χ1) is 16.4. The zero-order chi connectivity index (χ0) is 23.8. The van der Waals surface area contributed by atoms with Crippen molar-refractivity contribution in [1.29, 1.82) is 0 Å². The lowest BCUT2D eigenvalue weighted by atomic mass is 9.74. The summed E-state index contributed by atoms with van der Waals surface area (Å²) in [6.07, 6.45) is 9.93. The van der Waals surface area contributed by atoms with Crippen LogP contribution in [0.25, 0.3) is 11.2 Å². The first kappa shape index (κ1) is 22.6. The zero-order valence-corrected chi connectivity index (χ0v) is 20.1. The number of aromatic amines is 1. The van der Waals surface area contributed by atoms with Gasteiger partial charge in [0.1, 0.15) is 24.2 Å². The largest absolute Gasteiger partial charge is 0.495 e. The fourth-order valence-corrected chi connectivity index (χ4v) is 5.37. The maximum atomic E-state index is 13.2. The van der Waals surface area contributed by atoms with Crippen LogP contribution in [0.4, 0.5) is 5.82 Å². The molecule has 0 spiro atoms. The third kappa shape index (κ3) is 4.19. The van der Waals surface area contributed by atoms with Gasteiger partial charge in [-0.3, -0.25) is 9.59 Å². The van der Waals surface area contributed by atoms with E-state index < -0.39 is 0 Å². The van der Waals surface area contributed by atoms with Crippen LogP contribution < -0.4 is 4.90 Å². The molecule has 1 N–H and O–H groups in total. The molecule has 1 aliphatic heterocycles. The van der Waals surface area contributed by atoms with Gasteiger partial charge in [0.25, 0.3) is 0 Å². The molecule has 0 bridgehead atoms. The van der Waals surface area contributed by atoms with Crippen LogP contribution >= 0.6 is 0 Å². The Labute approximate surface area is 199 Å². The SMILES string of the molecule is CC1C=C2C(=O)C(CC(=O)N(C)C)CCC2=C(OCC2CCCN2c2ncnc3nc[nH]c23)C1. The predicted octanol–water partition coefficient (Wildman–Crippen LogP) is 3.02. The van der Waals surface area contributed by atoms with Crippen molar-refractivity contribution in [3.8, 4) is 0 Å². The first-order valence-electron chi connectivity index (χ1n) is 12.1. The van der Waals surface area contributed by atoms with Gasteiger partial charge in [-0.05, 0) is 31.6 Å². The zero-order valence-electron chi connectivity index (χ0n) is 20.1. The average molecular weight is 465 g/mol. The van der Waals surface area contributed by atoms with Gasteiger partial charge in [0, 0.05) is 50.5 Å². The fourth-order valence-electron chi connectivity index (χ4n) is 5.37. The highest BCUT2D eigenvalue weighted by Gasteiger charge is 2.36. The van der Waals surface area contributed by atoms with Gasteiger partial charge in [-0.15, -0.1) is 0 Å². The van der Waals surface area contributed by atoms with Crippen molar-refractivity contribution >= 4 is 28.7 Å². The third-order valence-corrected chi connectivity index (χ3v) is 7.22. The van der Waals surface area contributed by atoms with E-state index in [-0.39, 0.29) is 36.0 Å². The number of hydrogen-bond acceptors (Lipinski definition) is 7. The van der Waals surface area contributed by atoms with Crippen LogP contribution in [0.15, 0.2) is 35.6 Å². The van der Waals surface area contributed by atoms with Gasteiger partial charge in [0.05, 0.1) is 12.4 Å². The van der Waals surface area contributed by atoms with Gasteiger partial charge in [-0.2, -0.15) is 0 Å². The molecule has 0 aromatic carbocycles. The van der Waals surface area contributed by atoms with E-state index in [0.29, 0.717) is 18.7 Å². The summed E-state index contributed by atoms with van der Waals surface area (Å²) in [6.45, 7) is 3.58. The molecule has 1 saturated heterocycles. The number of allylic oxidation sites excluding steroid dienone is 4. The number of aromatic nitrogens is 4. The summed E-state index contributed by atoms with van der Waals surface area (Å²) in [5, 5.41) is 0. The second-order valence-electron chi connectivity index (χ2n) is 9.85. The summed E-state index contributed by atoms with van der Waals surface area (Å²) in [7, 11) is 3.47. The van der Waals surface area contributed by atoms with E-state index in [1.54, 1.807) is 31.6 Å². The lowest BCUT2D eigenvalue weighted by Crippen LogP contribution is -2.35. The molecule has 3 atom stereocenters. The number of rotatable bonds is 6. The Balaban J connectivity index is 1.31. The summed E-state index contributed by atoms with van der Waals surface area (Å²) in [5.74, 6) is 1.89. The molecule has 9 nitrogen and oxygen atoms in total. The minimum atomic E-state index is -0.239. The quantitative estimate of drug-likeness (QED) is 0.701. The Morgan fingerprint density at radius 1 is 1.26 bits per heavy atom. The van der Waals surface area contributed by atoms with Gasteiger partial charge in [0.15, 0.2) is 17.2 Å². The number of carbonyl (C=O) groups is 2. The standard InChI is InChI=1S/C25H32N6O3/c1-15-9-19-18(7-6-16(23(19)33)11-21(32)30(2)3)20(10-15)34-12-17-5-4-8-31(17)25-22-24(27-13-26-22)28-14-29-25/h9,13-17H,4-8,10-12H2,1-3H3,(H,26,27,28,29). The molecule has 1 amide bonds. The molecule has 3 unspecified atom stereocenters. The number of nitrogens with one attached hydrogen (secondary N) is 1. The molecule has 2 aromatic rings. The molecular weight excluding hydrogens is 432 g/mol. The van der Waals surface area contributed by atoms with Crippen molar-refractivity contribution in [3.05, 3.63) is 35.6 Å². The summed E-state index contributed by atoms with van der Waals surface area (Å²) in [4.78, 5) is 45.5. The number of hydrogen-bond donors (Lipinski definition) is 1. The molecule has 34 heavy (non-hydrogen) atoms. The Hall–Kier alpha value is -3.23. The van der Waals surface area contributed by atoms with E-state index in [9.17, 15) is 9.59 Å². The molecule has 1 saturated carbocycles. The van der Waals surface area contributed by atoms with Crippen LogP contribution in [0, 0.1) is 11.8 Å². The number of ether oxygens (including phenoxy) is 1. The van der Waals surface area contributed by atoms with Crippen molar-refractivity contribution in [2.75, 3.05) is 32.1 Å². The number of imidazole rings is 1. The lowest BCUT2D eigenvalue weighted by molar-refractivity contribution is -0.133. The second-order valence-corrected chi connectivity index (χ2v) is 9.85. The first-order valence-corrected chi connectivity index (χ1v) is 12.1. The van der Waals surface area contributed by atoms with Crippen LogP contribution in [-0.2, 0) is 14.3 Å². The van der Waals surface area contributed by atoms with Crippen LogP contribution in [0.1, 0.15) is 45.4 Å². The molecule has 2 aliphatic carbocycles. The number of Topliss-reactive ketones (excluding diaryl/α,β-unsaturated/α-hetero) is 1. The molecule has 3 aliphatic rings. The van der Waals surface area contributed by atoms with Crippen molar-refractivity contribution in [2.45, 2.75) is 51.5 Å². The molecular formula is C25H32N6O3. The number of fused-ring (bicyclic) bond motifs is 2. The van der Waals surface area contributed by atoms with E-state index in [0.717, 1.165) is 60.5 Å². The number of anilines is 1. The molecule has 2 aromatic heterocycles. The highest BCUT2D eigenvalue weighted by atomic mass is 16.5. The Morgan fingerprint density at radius 2 is 2.12 bits per heavy atom. The molecule has 5 rings (SSSR count). The highest BCUT2D eigenvalue weighted by molar-refractivity contribution is 6.04. The molecule has 180 valence electrons. The average Bonchev–Trinajstić information content (AvgIpc) is 3.48. The van der Waals surface area contributed by atoms with Gasteiger partial charge >= 0.3 is 0 Å². The van der Waals surface area contributed by atoms with Crippen LogP contribution in [0.2, 0.25) is 0 Å². The molecule has 9 heteroatoms. The van der Waals surface area contributed by atoms with Gasteiger partial charge in [0.2, 0.25) is 5.91 Å². The Bertz CT molecular complexity index is 1170. The summed E-state index contributed by atoms with van der Waals surface area (Å²) in [5.41, 5.74) is 3.33. The monoisotopic (exact) mass is 464 g/mol. The Morgan fingerprint density at radius 3 is 2.94 bits per heavy atom. The minimum Gasteiger partial charge on any atom is -0.495 e. The molecule has 3 heterocycles. The van der Waals surface area contributed by atoms with E-state index in [1.165, 1.54) is 0 Å². The van der Waals surface area contributed by atoms with Crippen molar-refractivity contribution in [1.82, 2.24) is 24.8 Å². The minimum absolute atomic E-state index is 0.00383. The van der Waals surface area contributed by atoms with E-state index in [1.807, 2.05) is 0 Å². The number of H-pyrrole nitrogens is 1. The summed E-state index contributed by atoms with van der Waals surface area (Å²) in [6, 6.07) is 0.198. The molecule has 0 radical (unpaired) electrons. The van der Waals surface area contributed by atoms with Gasteiger partial charge in [-0.1, -0.05) is 13.0 Å². The summed E-state index contributed by atoms with van der Waals surface area (Å²) < 4.78 is 6.46. The normalized spacial score (nSPS) is 24.9. The van der Waals surface area contributed by atoms with Crippen LogP contribution in [0.3, 0.4) is 0 Å². The van der Waals surface area contributed by atoms with Crippen LogP contribution in [-0.4, -0.2) is 69.8 Å². The van der Waals surface area contributed by atoms with Crippen LogP contribution in [0.5, 0.6) is 0 Å². The van der Waals surface area contributed by atoms with Gasteiger partial charge in [-0.25, -0.2) is 15.0 Å². The van der Waals surface area contributed by atoms with Crippen molar-refractivity contribution < 1.29 is 14.3 Å². The highest BCUT2D eigenvalue weighted by Crippen LogP contribution is 2.40. The second kappa shape index (κ2) is 9.19. The van der Waals surface area contributed by atoms with E-state index >= 15 is 0 Å². The maximum absolute atomic E-state index is 13.2. The fraction of sp³-hybridized carbons (Fsp3) is 0.560. The smallest absolute Gasteiger partial charge is 0.222 e. The number of carbonyl (C=O) groups excluding carboxylic acids is 2. The topological polar surface area (TPSA) is 104 Å². The number of amides is 1. The van der Waals surface area contributed by atoms with Gasteiger partial charge < -0.3 is 19.5 Å². The third-order valence-electron chi connectivity index (χ3n) is 7.22. The van der Waals surface area contributed by atoms with E-state index in [4.69, 9.17) is 4.74 Å². The van der Waals surface area contributed by atoms with Crippen molar-refractivity contribution in [2.24, 2.45) is 11.8 Å². The van der Waals surface area contributed by atoms with E-state index in [2.05, 4.69) is 37.8 Å².